The molecule has 0 saturated carbocycles. The zero-order valence-electron chi connectivity index (χ0n) is 10.2. The highest BCUT2D eigenvalue weighted by Crippen LogP contribution is 2.15. The van der Waals surface area contributed by atoms with Gasteiger partial charge in [-0.2, -0.15) is 0 Å². The van der Waals surface area contributed by atoms with Gasteiger partial charge >= 0.3 is 0 Å². The second-order valence-electron chi connectivity index (χ2n) is 4.57. The molecule has 1 aromatic rings. The van der Waals surface area contributed by atoms with Crippen molar-refractivity contribution in [1.82, 2.24) is 4.90 Å². The Kier molecular flexibility index (Phi) is 4.10. The number of halogens is 1. The Morgan fingerprint density at radius 3 is 2.88 bits per heavy atom. The second kappa shape index (κ2) is 5.58. The maximum absolute atomic E-state index is 13.4. The van der Waals surface area contributed by atoms with Crippen LogP contribution >= 0.6 is 0 Å². The molecule has 1 unspecified atom stereocenters. The van der Waals surface area contributed by atoms with Crippen molar-refractivity contribution >= 4 is 0 Å². The van der Waals surface area contributed by atoms with Crippen LogP contribution < -0.4 is 5.73 Å². The van der Waals surface area contributed by atoms with Gasteiger partial charge in [-0.15, -0.1) is 0 Å². The molecule has 0 aliphatic carbocycles. The largest absolute Gasteiger partial charge is 0.379 e. The summed E-state index contributed by atoms with van der Waals surface area (Å²) in [6.07, 6.45) is 0. The van der Waals surface area contributed by atoms with Crippen LogP contribution in [0.15, 0.2) is 18.2 Å². The molecule has 17 heavy (non-hydrogen) atoms. The topological polar surface area (TPSA) is 38.5 Å². The quantitative estimate of drug-likeness (QED) is 0.867. The van der Waals surface area contributed by atoms with E-state index in [0.717, 1.165) is 37.4 Å². The van der Waals surface area contributed by atoms with E-state index in [4.69, 9.17) is 10.5 Å². The monoisotopic (exact) mass is 238 g/mol. The van der Waals surface area contributed by atoms with Gasteiger partial charge in [0.1, 0.15) is 5.82 Å². The Balaban J connectivity index is 2.09. The summed E-state index contributed by atoms with van der Waals surface area (Å²) in [6, 6.07) is 5.44. The predicted molar refractivity (Wildman–Crippen MR) is 65.0 cm³/mol. The van der Waals surface area contributed by atoms with Gasteiger partial charge in [-0.05, 0) is 30.2 Å². The van der Waals surface area contributed by atoms with Gasteiger partial charge in [0, 0.05) is 25.7 Å². The van der Waals surface area contributed by atoms with Gasteiger partial charge in [-0.25, -0.2) is 4.39 Å². The predicted octanol–water partition coefficient (Wildman–Crippen LogP) is 1.51. The molecule has 0 amide bonds. The third kappa shape index (κ3) is 3.25. The van der Waals surface area contributed by atoms with Gasteiger partial charge in [0.25, 0.3) is 0 Å². The van der Waals surface area contributed by atoms with Crippen molar-refractivity contribution in [2.24, 2.45) is 5.73 Å². The average Bonchev–Trinajstić information content (AvgIpc) is 2.31. The van der Waals surface area contributed by atoms with E-state index in [1.165, 1.54) is 6.07 Å². The minimum Gasteiger partial charge on any atom is -0.379 e. The van der Waals surface area contributed by atoms with Crippen molar-refractivity contribution in [3.63, 3.8) is 0 Å². The van der Waals surface area contributed by atoms with Gasteiger partial charge in [0.15, 0.2) is 0 Å². The third-order valence-electron chi connectivity index (χ3n) is 3.14. The SMILES string of the molecule is CC1COCCN1Cc1cc(F)cc(CN)c1. The van der Waals surface area contributed by atoms with Gasteiger partial charge < -0.3 is 10.5 Å². The zero-order valence-corrected chi connectivity index (χ0v) is 10.2. The highest BCUT2D eigenvalue weighted by molar-refractivity contribution is 5.24. The molecule has 1 aliphatic heterocycles. The number of morpholine rings is 1. The molecule has 1 saturated heterocycles. The molecule has 94 valence electrons. The van der Waals surface area contributed by atoms with Gasteiger partial charge in [-0.1, -0.05) is 6.07 Å². The van der Waals surface area contributed by atoms with Crippen LogP contribution in [0.3, 0.4) is 0 Å². The van der Waals surface area contributed by atoms with Crippen LogP contribution in [-0.2, 0) is 17.8 Å². The molecule has 4 heteroatoms. The van der Waals surface area contributed by atoms with Gasteiger partial charge in [-0.3, -0.25) is 4.90 Å². The van der Waals surface area contributed by atoms with E-state index in [9.17, 15) is 4.39 Å². The summed E-state index contributed by atoms with van der Waals surface area (Å²) in [5, 5.41) is 0. The molecule has 0 aromatic heterocycles. The summed E-state index contributed by atoms with van der Waals surface area (Å²) in [6.45, 7) is 5.67. The van der Waals surface area contributed by atoms with Crippen molar-refractivity contribution in [3.8, 4) is 0 Å². The molecule has 2 N–H and O–H groups in total. The van der Waals surface area contributed by atoms with Gasteiger partial charge in [0.2, 0.25) is 0 Å². The zero-order chi connectivity index (χ0) is 12.3. The minimum absolute atomic E-state index is 0.205. The van der Waals surface area contributed by atoms with Crippen LogP contribution in [0.1, 0.15) is 18.1 Å². The molecule has 1 fully saturated rings. The van der Waals surface area contributed by atoms with Crippen molar-refractivity contribution in [2.75, 3.05) is 19.8 Å². The normalized spacial score (nSPS) is 21.7. The summed E-state index contributed by atoms with van der Waals surface area (Å²) in [5.41, 5.74) is 7.38. The third-order valence-corrected chi connectivity index (χ3v) is 3.14. The lowest BCUT2D eigenvalue weighted by atomic mass is 10.1. The van der Waals surface area contributed by atoms with E-state index >= 15 is 0 Å². The highest BCUT2D eigenvalue weighted by atomic mass is 19.1. The summed E-state index contributed by atoms with van der Waals surface area (Å²) in [5.74, 6) is -0.205. The van der Waals surface area contributed by atoms with E-state index in [2.05, 4.69) is 11.8 Å². The Morgan fingerprint density at radius 2 is 2.18 bits per heavy atom. The Bertz CT molecular complexity index is 384. The van der Waals surface area contributed by atoms with E-state index < -0.39 is 0 Å². The fourth-order valence-electron chi connectivity index (χ4n) is 2.16. The summed E-state index contributed by atoms with van der Waals surface area (Å²) < 4.78 is 18.7. The molecule has 1 aliphatic rings. The fourth-order valence-corrected chi connectivity index (χ4v) is 2.16. The van der Waals surface area contributed by atoms with Gasteiger partial charge in [0.05, 0.1) is 13.2 Å². The van der Waals surface area contributed by atoms with E-state index in [-0.39, 0.29) is 5.82 Å². The lowest BCUT2D eigenvalue weighted by molar-refractivity contribution is -0.00440. The Labute approximate surface area is 101 Å². The van der Waals surface area contributed by atoms with Crippen molar-refractivity contribution in [2.45, 2.75) is 26.1 Å². The number of rotatable bonds is 3. The fraction of sp³-hybridized carbons (Fsp3) is 0.538. The molecular weight excluding hydrogens is 219 g/mol. The smallest absolute Gasteiger partial charge is 0.123 e. The maximum Gasteiger partial charge on any atom is 0.123 e. The van der Waals surface area contributed by atoms with Crippen LogP contribution in [0.5, 0.6) is 0 Å². The number of hydrogen-bond donors (Lipinski definition) is 1. The highest BCUT2D eigenvalue weighted by Gasteiger charge is 2.18. The van der Waals surface area contributed by atoms with Crippen LogP contribution in [0, 0.1) is 5.82 Å². The number of ether oxygens (including phenoxy) is 1. The molecule has 2 rings (SSSR count). The lowest BCUT2D eigenvalue weighted by Crippen LogP contribution is -2.42. The molecule has 0 bridgehead atoms. The summed E-state index contributed by atoms with van der Waals surface area (Å²) >= 11 is 0. The Morgan fingerprint density at radius 1 is 1.41 bits per heavy atom. The molecule has 0 spiro atoms. The standard InChI is InChI=1S/C13H19FN2O/c1-10-9-17-3-2-16(10)8-12-4-11(7-15)5-13(14)6-12/h4-6,10H,2-3,7-9,15H2,1H3. The van der Waals surface area contributed by atoms with Crippen LogP contribution in [-0.4, -0.2) is 30.7 Å². The summed E-state index contributed by atoms with van der Waals surface area (Å²) in [7, 11) is 0. The van der Waals surface area contributed by atoms with Crippen molar-refractivity contribution in [1.29, 1.82) is 0 Å². The van der Waals surface area contributed by atoms with Crippen molar-refractivity contribution in [3.05, 3.63) is 35.1 Å². The van der Waals surface area contributed by atoms with Crippen LogP contribution in [0.4, 0.5) is 4.39 Å². The van der Waals surface area contributed by atoms with Crippen molar-refractivity contribution < 1.29 is 9.13 Å². The number of nitrogens with two attached hydrogens (primary N) is 1. The van der Waals surface area contributed by atoms with Crippen LogP contribution in [0.2, 0.25) is 0 Å². The van der Waals surface area contributed by atoms with Crippen LogP contribution in [0.25, 0.3) is 0 Å². The first kappa shape index (κ1) is 12.5. The van der Waals surface area contributed by atoms with E-state index in [1.807, 2.05) is 6.07 Å². The maximum atomic E-state index is 13.4. The first-order valence-electron chi connectivity index (χ1n) is 5.99. The molecule has 1 atom stereocenters. The number of benzene rings is 1. The molecule has 0 radical (unpaired) electrons. The minimum atomic E-state index is -0.205. The average molecular weight is 238 g/mol. The summed E-state index contributed by atoms with van der Waals surface area (Å²) in [4.78, 5) is 2.30. The molecule has 1 aromatic carbocycles. The van der Waals surface area contributed by atoms with E-state index in [0.29, 0.717) is 12.6 Å². The molecule has 3 nitrogen and oxygen atoms in total. The lowest BCUT2D eigenvalue weighted by Gasteiger charge is -2.33. The Hall–Kier alpha value is -0.970. The second-order valence-corrected chi connectivity index (χ2v) is 4.57. The van der Waals surface area contributed by atoms with E-state index in [1.54, 1.807) is 6.07 Å². The number of hydrogen-bond acceptors (Lipinski definition) is 3. The first-order chi connectivity index (χ1) is 8.19. The molecular formula is C13H19FN2O. The molecule has 1 heterocycles. The first-order valence-corrected chi connectivity index (χ1v) is 5.99. The number of nitrogens with zero attached hydrogens (tertiary/aromatic N) is 1.